The maximum Gasteiger partial charge on any atom is 0.481 e. The number of benzene rings is 1. The fourth-order valence-corrected chi connectivity index (χ4v) is 3.07. The Morgan fingerprint density at radius 1 is 1.13 bits per heavy atom. The molecule has 2 atom stereocenters. The topological polar surface area (TPSA) is 115 Å². The third-order valence-electron chi connectivity index (χ3n) is 5.39. The Morgan fingerprint density at radius 2 is 1.71 bits per heavy atom. The molecule has 1 aliphatic heterocycles. The summed E-state index contributed by atoms with van der Waals surface area (Å²) in [5, 5.41) is 14.6. The first kappa shape index (κ1) is 25.3. The minimum atomic E-state index is -1.32. The van der Waals surface area contributed by atoms with Crippen LogP contribution >= 0.6 is 11.6 Å². The maximum atomic E-state index is 12.7. The van der Waals surface area contributed by atoms with E-state index in [9.17, 15) is 9.59 Å². The SMILES string of the molecule is COCC(NC(=O)O)C(=O)N[C@@H](CCOc1ccc(Cl)cc1)B1OC(C)(C)C(C)(C)O1. The Hall–Kier alpha value is -2.01. The van der Waals surface area contributed by atoms with Gasteiger partial charge in [0, 0.05) is 18.6 Å². The number of ether oxygens (including phenoxy) is 2. The van der Waals surface area contributed by atoms with Gasteiger partial charge in [-0.2, -0.15) is 0 Å². The molecular weight excluding hydrogens is 426 g/mol. The van der Waals surface area contributed by atoms with Crippen molar-refractivity contribution in [2.75, 3.05) is 20.3 Å². The predicted octanol–water partition coefficient (Wildman–Crippen LogP) is 2.51. The molecule has 1 fully saturated rings. The van der Waals surface area contributed by atoms with Crippen LogP contribution in [0.15, 0.2) is 24.3 Å². The smallest absolute Gasteiger partial charge is 0.481 e. The fraction of sp³-hybridized carbons (Fsp3) is 0.600. The zero-order valence-corrected chi connectivity index (χ0v) is 19.2. The molecule has 2 rings (SSSR count). The van der Waals surface area contributed by atoms with E-state index in [1.807, 2.05) is 27.7 Å². The van der Waals surface area contributed by atoms with Gasteiger partial charge in [-0.15, -0.1) is 0 Å². The van der Waals surface area contributed by atoms with Gasteiger partial charge in [-0.05, 0) is 52.0 Å². The lowest BCUT2D eigenvalue weighted by molar-refractivity contribution is -0.124. The Balaban J connectivity index is 2.10. The van der Waals surface area contributed by atoms with Gasteiger partial charge in [-0.25, -0.2) is 4.79 Å². The van der Waals surface area contributed by atoms with E-state index >= 15 is 0 Å². The number of halogens is 1. The second kappa shape index (κ2) is 10.5. The number of methoxy groups -OCH3 is 1. The molecule has 0 saturated carbocycles. The number of hydrogen-bond acceptors (Lipinski definition) is 6. The van der Waals surface area contributed by atoms with E-state index in [1.165, 1.54) is 7.11 Å². The predicted molar refractivity (Wildman–Crippen MR) is 116 cm³/mol. The Bertz CT molecular complexity index is 744. The summed E-state index contributed by atoms with van der Waals surface area (Å²) < 4.78 is 22.9. The molecule has 9 nitrogen and oxygen atoms in total. The van der Waals surface area contributed by atoms with Crippen LogP contribution in [0.5, 0.6) is 5.75 Å². The normalized spacial score (nSPS) is 18.8. The lowest BCUT2D eigenvalue weighted by Gasteiger charge is -2.32. The molecule has 1 saturated heterocycles. The van der Waals surface area contributed by atoms with Crippen molar-refractivity contribution in [3.63, 3.8) is 0 Å². The van der Waals surface area contributed by atoms with Gasteiger partial charge >= 0.3 is 13.2 Å². The van der Waals surface area contributed by atoms with Crippen LogP contribution in [0.2, 0.25) is 5.02 Å². The van der Waals surface area contributed by atoms with E-state index in [0.717, 1.165) is 0 Å². The molecule has 172 valence electrons. The maximum absolute atomic E-state index is 12.7. The highest BCUT2D eigenvalue weighted by Gasteiger charge is 2.54. The van der Waals surface area contributed by atoms with Gasteiger partial charge in [-0.1, -0.05) is 11.6 Å². The van der Waals surface area contributed by atoms with E-state index < -0.39 is 42.3 Å². The van der Waals surface area contributed by atoms with Crippen molar-refractivity contribution in [1.82, 2.24) is 10.6 Å². The van der Waals surface area contributed by atoms with Crippen molar-refractivity contribution in [3.05, 3.63) is 29.3 Å². The molecule has 11 heteroatoms. The lowest BCUT2D eigenvalue weighted by atomic mass is 9.76. The zero-order valence-electron chi connectivity index (χ0n) is 18.4. The highest BCUT2D eigenvalue weighted by molar-refractivity contribution is 6.48. The van der Waals surface area contributed by atoms with Gasteiger partial charge in [-0.3, -0.25) is 4.79 Å². The quantitative estimate of drug-likeness (QED) is 0.463. The average Bonchev–Trinajstić information content (AvgIpc) is 2.89. The molecule has 0 aliphatic carbocycles. The molecule has 2 amide bonds. The number of hydrogen-bond donors (Lipinski definition) is 3. The number of rotatable bonds is 10. The monoisotopic (exact) mass is 456 g/mol. The number of carbonyl (C=O) groups excluding carboxylic acids is 1. The summed E-state index contributed by atoms with van der Waals surface area (Å²) in [5.41, 5.74) is -1.19. The molecule has 1 heterocycles. The Kier molecular flexibility index (Phi) is 8.59. The van der Waals surface area contributed by atoms with Crippen LogP contribution in [0.1, 0.15) is 34.1 Å². The average molecular weight is 457 g/mol. The molecule has 0 bridgehead atoms. The second-order valence-electron chi connectivity index (χ2n) is 8.29. The van der Waals surface area contributed by atoms with Crippen molar-refractivity contribution in [3.8, 4) is 5.75 Å². The van der Waals surface area contributed by atoms with Gasteiger partial charge in [0.1, 0.15) is 11.8 Å². The Morgan fingerprint density at radius 3 is 2.23 bits per heavy atom. The lowest BCUT2D eigenvalue weighted by Crippen LogP contribution is -2.56. The van der Waals surface area contributed by atoms with Crippen LogP contribution < -0.4 is 15.4 Å². The summed E-state index contributed by atoms with van der Waals surface area (Å²) in [6.07, 6.45) is -0.965. The van der Waals surface area contributed by atoms with Crippen molar-refractivity contribution in [1.29, 1.82) is 0 Å². The molecule has 0 radical (unpaired) electrons. The molecule has 0 aromatic heterocycles. The van der Waals surface area contributed by atoms with E-state index in [2.05, 4.69) is 10.6 Å². The molecule has 1 aromatic rings. The summed E-state index contributed by atoms with van der Waals surface area (Å²) in [5.74, 6) is -0.501. The molecule has 1 unspecified atom stereocenters. The largest absolute Gasteiger partial charge is 0.494 e. The van der Waals surface area contributed by atoms with Crippen LogP contribution in [0.3, 0.4) is 0 Å². The standard InChI is InChI=1S/C20H30BClN2O7/c1-19(2)20(3,4)31-21(30-19)16(10-11-29-14-8-6-13(22)7-9-14)24-17(25)15(12-28-5)23-18(26)27/h6-9,15-16,23H,10-12H2,1-5H3,(H,24,25)(H,26,27)/t15?,16-/m0/s1. The van der Waals surface area contributed by atoms with E-state index in [4.69, 9.17) is 35.5 Å². The van der Waals surface area contributed by atoms with Crippen molar-refractivity contribution in [2.45, 2.75) is 57.3 Å². The van der Waals surface area contributed by atoms with Gasteiger partial charge < -0.3 is 34.5 Å². The minimum Gasteiger partial charge on any atom is -0.494 e. The fourth-order valence-electron chi connectivity index (χ4n) is 2.95. The Labute approximate surface area is 187 Å². The summed E-state index contributed by atoms with van der Waals surface area (Å²) in [6.45, 7) is 7.80. The van der Waals surface area contributed by atoms with Crippen molar-refractivity contribution < 1.29 is 33.5 Å². The van der Waals surface area contributed by atoms with E-state index in [-0.39, 0.29) is 13.2 Å². The van der Waals surface area contributed by atoms with Gasteiger partial charge in [0.25, 0.3) is 0 Å². The molecule has 1 aromatic carbocycles. The van der Waals surface area contributed by atoms with Crippen molar-refractivity contribution in [2.24, 2.45) is 0 Å². The van der Waals surface area contributed by atoms with Crippen molar-refractivity contribution >= 4 is 30.7 Å². The highest BCUT2D eigenvalue weighted by atomic mass is 35.5. The van der Waals surface area contributed by atoms with E-state index in [1.54, 1.807) is 24.3 Å². The molecule has 0 spiro atoms. The summed E-state index contributed by atoms with van der Waals surface area (Å²) in [4.78, 5) is 23.8. The molecule has 31 heavy (non-hydrogen) atoms. The first-order valence-electron chi connectivity index (χ1n) is 9.98. The van der Waals surface area contributed by atoms with Crippen LogP contribution in [0, 0.1) is 0 Å². The van der Waals surface area contributed by atoms with Crippen LogP contribution in [0.25, 0.3) is 0 Å². The first-order valence-corrected chi connectivity index (χ1v) is 10.4. The van der Waals surface area contributed by atoms with E-state index in [0.29, 0.717) is 17.2 Å². The number of carbonyl (C=O) groups is 2. The minimum absolute atomic E-state index is 0.116. The zero-order chi connectivity index (χ0) is 23.2. The third-order valence-corrected chi connectivity index (χ3v) is 5.64. The van der Waals surface area contributed by atoms with Crippen LogP contribution in [-0.4, -0.2) is 67.7 Å². The first-order chi connectivity index (χ1) is 14.4. The number of carboxylic acid groups (broad SMARTS) is 1. The highest BCUT2D eigenvalue weighted by Crippen LogP contribution is 2.37. The van der Waals surface area contributed by atoms with Gasteiger partial charge in [0.15, 0.2) is 0 Å². The third kappa shape index (κ3) is 7.00. The number of nitrogens with one attached hydrogen (secondary N) is 2. The molecular formula is C20H30BClN2O7. The van der Waals surface area contributed by atoms with Crippen LogP contribution in [0.4, 0.5) is 4.79 Å². The summed E-state index contributed by atoms with van der Waals surface area (Å²) in [6, 6.07) is 5.85. The van der Waals surface area contributed by atoms with Crippen LogP contribution in [-0.2, 0) is 18.8 Å². The summed E-state index contributed by atoms with van der Waals surface area (Å²) in [7, 11) is 0.644. The summed E-state index contributed by atoms with van der Waals surface area (Å²) >= 11 is 5.89. The molecule has 3 N–H and O–H groups in total. The molecule has 1 aliphatic rings. The number of amides is 2. The second-order valence-corrected chi connectivity index (χ2v) is 8.72. The van der Waals surface area contributed by atoms with Gasteiger partial charge in [0.2, 0.25) is 5.91 Å². The van der Waals surface area contributed by atoms with Gasteiger partial charge in [0.05, 0.1) is 30.4 Å².